The van der Waals surface area contributed by atoms with E-state index in [1.165, 1.54) is 19.3 Å². The van der Waals surface area contributed by atoms with Crippen molar-refractivity contribution in [2.45, 2.75) is 38.1 Å². The van der Waals surface area contributed by atoms with E-state index < -0.39 is 0 Å². The van der Waals surface area contributed by atoms with E-state index in [9.17, 15) is 4.79 Å². The summed E-state index contributed by atoms with van der Waals surface area (Å²) in [4.78, 5) is 12.9. The number of halogens is 1. The summed E-state index contributed by atoms with van der Waals surface area (Å²) >= 11 is 5.31. The summed E-state index contributed by atoms with van der Waals surface area (Å²) in [5.41, 5.74) is 0. The molecule has 1 fully saturated rings. The van der Waals surface area contributed by atoms with E-state index in [0.29, 0.717) is 6.04 Å². The molecule has 0 N–H and O–H groups in total. The van der Waals surface area contributed by atoms with Gasteiger partial charge in [0.25, 0.3) is 0 Å². The van der Waals surface area contributed by atoms with Crippen LogP contribution in [-0.4, -0.2) is 30.1 Å². The Morgan fingerprint density at radius 3 is 2.62 bits per heavy atom. The van der Waals surface area contributed by atoms with Crippen molar-refractivity contribution >= 4 is 17.7 Å². The lowest BCUT2D eigenvalue weighted by Gasteiger charge is -2.30. The molecule has 0 aromatic rings. The lowest BCUT2D eigenvalue weighted by molar-refractivity contribution is 0.102. The Hall–Kier alpha value is -0.440. The molecule has 1 amide bonds. The van der Waals surface area contributed by atoms with Gasteiger partial charge in [-0.25, -0.2) is 4.79 Å². The van der Waals surface area contributed by atoms with Crippen LogP contribution in [0.3, 0.4) is 0 Å². The van der Waals surface area contributed by atoms with E-state index in [1.807, 2.05) is 0 Å². The minimum Gasteiger partial charge on any atom is -0.433 e. The molecule has 1 saturated carbocycles. The Morgan fingerprint density at radius 2 is 2.08 bits per heavy atom. The van der Waals surface area contributed by atoms with Crippen molar-refractivity contribution in [3.8, 4) is 0 Å². The van der Waals surface area contributed by atoms with E-state index >= 15 is 0 Å². The zero-order valence-electron chi connectivity index (χ0n) is 7.96. The van der Waals surface area contributed by atoms with Crippen LogP contribution in [-0.2, 0) is 4.74 Å². The van der Waals surface area contributed by atoms with Crippen molar-refractivity contribution in [2.75, 3.05) is 13.1 Å². The molecule has 1 aliphatic rings. The molecule has 76 valence electrons. The highest BCUT2D eigenvalue weighted by atomic mass is 35.5. The molecule has 0 aromatic heterocycles. The minimum atomic E-state index is -0.304. The summed E-state index contributed by atoms with van der Waals surface area (Å²) in [6.45, 7) is 0. The Labute approximate surface area is 84.0 Å². The van der Waals surface area contributed by atoms with Crippen LogP contribution in [0.5, 0.6) is 0 Å². The van der Waals surface area contributed by atoms with Gasteiger partial charge in [-0.1, -0.05) is 30.9 Å². The number of carbonyl (C=O) groups is 1. The van der Waals surface area contributed by atoms with Crippen LogP contribution >= 0.6 is 11.6 Å². The molecule has 13 heavy (non-hydrogen) atoms. The second-order valence-corrected chi connectivity index (χ2v) is 3.64. The quantitative estimate of drug-likeness (QED) is 0.649. The molecule has 0 atom stereocenters. The fourth-order valence-electron chi connectivity index (χ4n) is 1.77. The van der Waals surface area contributed by atoms with Crippen LogP contribution in [0.15, 0.2) is 0 Å². The second kappa shape index (κ2) is 5.32. The molecule has 0 saturated heterocycles. The average molecular weight is 206 g/mol. The van der Waals surface area contributed by atoms with Gasteiger partial charge in [0.1, 0.15) is 0 Å². The third-order valence-corrected chi connectivity index (χ3v) is 2.70. The molecular weight excluding hydrogens is 190 g/mol. The predicted octanol–water partition coefficient (Wildman–Crippen LogP) is 2.58. The molecule has 3 nitrogen and oxygen atoms in total. The van der Waals surface area contributed by atoms with Crippen molar-refractivity contribution in [3.63, 3.8) is 0 Å². The highest BCUT2D eigenvalue weighted by Crippen LogP contribution is 2.21. The van der Waals surface area contributed by atoms with Gasteiger partial charge in [-0.3, -0.25) is 0 Å². The summed E-state index contributed by atoms with van der Waals surface area (Å²) in [5.74, 6) is 0. The molecule has 0 aliphatic heterocycles. The number of carbonyl (C=O) groups excluding carboxylic acids is 1. The standard InChI is InChI=1S/C9H16ClNO2/c1-11(9(12)13-7-10)8-5-3-2-4-6-8/h8H,2-7H2,1H3. The van der Waals surface area contributed by atoms with Crippen molar-refractivity contribution < 1.29 is 9.53 Å². The third-order valence-electron chi connectivity index (χ3n) is 2.59. The fourth-order valence-corrected chi connectivity index (χ4v) is 1.86. The van der Waals surface area contributed by atoms with Crippen LogP contribution < -0.4 is 0 Å². The number of alkyl halides is 1. The van der Waals surface area contributed by atoms with Crippen molar-refractivity contribution in [1.82, 2.24) is 4.90 Å². The molecule has 1 aliphatic carbocycles. The first-order valence-electron chi connectivity index (χ1n) is 4.71. The van der Waals surface area contributed by atoms with E-state index in [1.54, 1.807) is 11.9 Å². The zero-order valence-corrected chi connectivity index (χ0v) is 8.72. The lowest BCUT2D eigenvalue weighted by Crippen LogP contribution is -2.38. The van der Waals surface area contributed by atoms with Gasteiger partial charge in [-0.05, 0) is 12.8 Å². The van der Waals surface area contributed by atoms with Gasteiger partial charge in [-0.15, -0.1) is 0 Å². The maximum atomic E-state index is 11.3. The summed E-state index contributed by atoms with van der Waals surface area (Å²) in [6, 6.07) is 0.292. The SMILES string of the molecule is CN(C(=O)OCCl)C1CCCCC1. The van der Waals surface area contributed by atoms with Crippen molar-refractivity contribution in [2.24, 2.45) is 0 Å². The Bertz CT molecular complexity index is 169. The molecule has 0 radical (unpaired) electrons. The number of hydrogen-bond acceptors (Lipinski definition) is 2. The Morgan fingerprint density at radius 1 is 1.46 bits per heavy atom. The Kier molecular flexibility index (Phi) is 4.36. The minimum absolute atomic E-state index is 0.0596. The molecule has 0 bridgehead atoms. The number of amides is 1. The predicted molar refractivity (Wildman–Crippen MR) is 51.8 cm³/mol. The van der Waals surface area contributed by atoms with E-state index in [0.717, 1.165) is 12.8 Å². The first-order chi connectivity index (χ1) is 6.25. The van der Waals surface area contributed by atoms with Crippen molar-refractivity contribution in [1.29, 1.82) is 0 Å². The molecule has 1 rings (SSSR count). The summed E-state index contributed by atoms with van der Waals surface area (Å²) in [7, 11) is 1.78. The fraction of sp³-hybridized carbons (Fsp3) is 0.889. The summed E-state index contributed by atoms with van der Waals surface area (Å²) in [6.07, 6.45) is 5.59. The molecule has 0 aromatic carbocycles. The van der Waals surface area contributed by atoms with Crippen LogP contribution in [0, 0.1) is 0 Å². The van der Waals surface area contributed by atoms with E-state index in [-0.39, 0.29) is 12.2 Å². The highest BCUT2D eigenvalue weighted by Gasteiger charge is 2.22. The van der Waals surface area contributed by atoms with Gasteiger partial charge in [-0.2, -0.15) is 0 Å². The van der Waals surface area contributed by atoms with Gasteiger partial charge < -0.3 is 9.64 Å². The normalized spacial score (nSPS) is 18.3. The number of hydrogen-bond donors (Lipinski definition) is 0. The van der Waals surface area contributed by atoms with Crippen LogP contribution in [0.2, 0.25) is 0 Å². The summed E-state index contributed by atoms with van der Waals surface area (Å²) < 4.78 is 4.71. The molecular formula is C9H16ClNO2. The lowest BCUT2D eigenvalue weighted by atomic mass is 9.95. The second-order valence-electron chi connectivity index (χ2n) is 3.42. The van der Waals surface area contributed by atoms with Crippen LogP contribution in [0.4, 0.5) is 4.79 Å². The maximum absolute atomic E-state index is 11.3. The molecule has 4 heteroatoms. The van der Waals surface area contributed by atoms with Crippen LogP contribution in [0.25, 0.3) is 0 Å². The molecule has 0 unspecified atom stereocenters. The number of ether oxygens (including phenoxy) is 1. The van der Waals surface area contributed by atoms with Gasteiger partial charge in [0.2, 0.25) is 0 Å². The van der Waals surface area contributed by atoms with E-state index in [4.69, 9.17) is 16.3 Å². The van der Waals surface area contributed by atoms with E-state index in [2.05, 4.69) is 0 Å². The molecule has 0 spiro atoms. The van der Waals surface area contributed by atoms with Gasteiger partial charge in [0, 0.05) is 13.1 Å². The first-order valence-corrected chi connectivity index (χ1v) is 5.24. The maximum Gasteiger partial charge on any atom is 0.410 e. The van der Waals surface area contributed by atoms with Gasteiger partial charge in [0.15, 0.2) is 6.07 Å². The smallest absolute Gasteiger partial charge is 0.410 e. The largest absolute Gasteiger partial charge is 0.433 e. The number of nitrogens with zero attached hydrogens (tertiary/aromatic N) is 1. The van der Waals surface area contributed by atoms with Crippen molar-refractivity contribution in [3.05, 3.63) is 0 Å². The number of rotatable bonds is 2. The van der Waals surface area contributed by atoms with Crippen LogP contribution in [0.1, 0.15) is 32.1 Å². The first kappa shape index (κ1) is 10.6. The van der Waals surface area contributed by atoms with Gasteiger partial charge in [0.05, 0.1) is 0 Å². The van der Waals surface area contributed by atoms with Gasteiger partial charge >= 0.3 is 6.09 Å². The third kappa shape index (κ3) is 3.07. The Balaban J connectivity index is 2.35. The average Bonchev–Trinajstić information content (AvgIpc) is 2.18. The zero-order chi connectivity index (χ0) is 9.68. The highest BCUT2D eigenvalue weighted by molar-refractivity contribution is 6.17. The molecule has 0 heterocycles. The monoisotopic (exact) mass is 205 g/mol. The topological polar surface area (TPSA) is 29.5 Å². The summed E-state index contributed by atoms with van der Waals surface area (Å²) in [5, 5.41) is 0.